The molecule has 1 aromatic carbocycles. The highest BCUT2D eigenvalue weighted by Crippen LogP contribution is 2.35. The second kappa shape index (κ2) is 7.29. The normalized spacial score (nSPS) is 28.9. The molecule has 2 bridgehead atoms. The van der Waals surface area contributed by atoms with Gasteiger partial charge in [-0.05, 0) is 49.8 Å². The van der Waals surface area contributed by atoms with Crippen molar-refractivity contribution in [2.24, 2.45) is 11.8 Å². The monoisotopic (exact) mass is 329 g/mol. The van der Waals surface area contributed by atoms with Gasteiger partial charge in [-0.3, -0.25) is 4.90 Å². The Hall–Kier alpha value is -1.64. The Balaban J connectivity index is 1.49. The maximum atomic E-state index is 12.1. The molecule has 0 aromatic heterocycles. The lowest BCUT2D eigenvalue weighted by Crippen LogP contribution is -2.56. The average molecular weight is 329 g/mol. The summed E-state index contributed by atoms with van der Waals surface area (Å²) >= 11 is 1.66. The average Bonchev–Trinajstić information content (AvgIpc) is 2.60. The quantitative estimate of drug-likeness (QED) is 0.659. The Bertz CT molecular complexity index is 613. The zero-order valence-electron chi connectivity index (χ0n) is 13.4. The van der Waals surface area contributed by atoms with Crippen molar-refractivity contribution in [1.82, 2.24) is 10.2 Å². The van der Waals surface area contributed by atoms with E-state index in [0.717, 1.165) is 30.1 Å². The molecule has 2 amide bonds. The van der Waals surface area contributed by atoms with E-state index < -0.39 is 0 Å². The number of urea groups is 1. The first-order valence-electron chi connectivity index (χ1n) is 8.08. The number of hydrogen-bond acceptors (Lipinski definition) is 3. The van der Waals surface area contributed by atoms with Crippen molar-refractivity contribution in [3.63, 3.8) is 0 Å². The number of hydrogen-bond donors (Lipinski definition) is 2. The van der Waals surface area contributed by atoms with Crippen molar-refractivity contribution in [3.8, 4) is 12.3 Å². The summed E-state index contributed by atoms with van der Waals surface area (Å²) in [6.07, 6.45) is 9.92. The molecule has 1 aromatic rings. The van der Waals surface area contributed by atoms with E-state index in [2.05, 4.69) is 21.5 Å². The number of nitrogens with zero attached hydrogens (tertiary/aromatic N) is 1. The van der Waals surface area contributed by atoms with Gasteiger partial charge in [0.1, 0.15) is 0 Å². The first kappa shape index (κ1) is 16.2. The summed E-state index contributed by atoms with van der Waals surface area (Å²) in [5, 5.41) is 5.91. The van der Waals surface area contributed by atoms with Gasteiger partial charge in [0.15, 0.2) is 0 Å². The highest BCUT2D eigenvalue weighted by Gasteiger charge is 2.39. The Morgan fingerprint density at radius 3 is 3.09 bits per heavy atom. The van der Waals surface area contributed by atoms with Crippen LogP contribution >= 0.6 is 11.8 Å². The largest absolute Gasteiger partial charge is 0.336 e. The molecule has 4 rings (SSSR count). The zero-order chi connectivity index (χ0) is 16.2. The molecule has 3 aliphatic rings. The van der Waals surface area contributed by atoms with Gasteiger partial charge in [-0.1, -0.05) is 6.07 Å². The van der Waals surface area contributed by atoms with Crippen molar-refractivity contribution >= 4 is 23.5 Å². The summed E-state index contributed by atoms with van der Waals surface area (Å²) in [5.74, 6) is 3.94. The Morgan fingerprint density at radius 2 is 2.39 bits per heavy atom. The molecule has 0 saturated carbocycles. The lowest BCUT2D eigenvalue weighted by atomic mass is 9.76. The Labute approximate surface area is 142 Å². The van der Waals surface area contributed by atoms with Gasteiger partial charge >= 0.3 is 6.03 Å². The number of anilines is 1. The number of rotatable bonds is 4. The van der Waals surface area contributed by atoms with Crippen molar-refractivity contribution < 1.29 is 4.79 Å². The molecule has 3 saturated heterocycles. The van der Waals surface area contributed by atoms with Gasteiger partial charge in [0.2, 0.25) is 0 Å². The number of benzene rings is 1. The van der Waals surface area contributed by atoms with Crippen molar-refractivity contribution in [1.29, 1.82) is 0 Å². The predicted molar refractivity (Wildman–Crippen MR) is 95.7 cm³/mol. The van der Waals surface area contributed by atoms with Crippen LogP contribution in [-0.4, -0.2) is 42.9 Å². The van der Waals surface area contributed by atoms with Crippen LogP contribution in [0.1, 0.15) is 12.8 Å². The molecule has 0 spiro atoms. The molecular formula is C18H23N3OS. The van der Waals surface area contributed by atoms with Crippen molar-refractivity contribution in [3.05, 3.63) is 24.3 Å². The van der Waals surface area contributed by atoms with Gasteiger partial charge in [-0.15, -0.1) is 24.1 Å². The van der Waals surface area contributed by atoms with Crippen LogP contribution < -0.4 is 10.6 Å². The number of nitrogens with one attached hydrogen (secondary N) is 2. The van der Waals surface area contributed by atoms with Crippen LogP contribution in [0.2, 0.25) is 0 Å². The minimum atomic E-state index is -0.139. The molecule has 1 unspecified atom stereocenters. The van der Waals surface area contributed by atoms with E-state index in [1.54, 1.807) is 11.8 Å². The molecule has 0 radical (unpaired) electrons. The minimum Gasteiger partial charge on any atom is -0.336 e. The SMILES string of the molecule is C#C[C@H]1CN2CC[C@@H]1C[C@@H]2CNC(=O)Nc1cccc(SC)c1. The fraction of sp³-hybridized carbons (Fsp3) is 0.500. The van der Waals surface area contributed by atoms with Gasteiger partial charge in [0.05, 0.1) is 0 Å². The second-order valence-electron chi connectivity index (χ2n) is 6.27. The van der Waals surface area contributed by atoms with E-state index in [-0.39, 0.29) is 6.03 Å². The third kappa shape index (κ3) is 3.82. The Morgan fingerprint density at radius 1 is 1.52 bits per heavy atom. The summed E-state index contributed by atoms with van der Waals surface area (Å²) in [5.41, 5.74) is 0.826. The van der Waals surface area contributed by atoms with Crippen LogP contribution in [0.3, 0.4) is 0 Å². The van der Waals surface area contributed by atoms with Crippen LogP contribution in [0.5, 0.6) is 0 Å². The molecule has 0 aliphatic carbocycles. The number of terminal acetylenes is 1. The van der Waals surface area contributed by atoms with Crippen LogP contribution in [0.4, 0.5) is 10.5 Å². The van der Waals surface area contributed by atoms with E-state index in [9.17, 15) is 4.79 Å². The van der Waals surface area contributed by atoms with Crippen LogP contribution in [0.15, 0.2) is 29.2 Å². The molecule has 2 N–H and O–H groups in total. The molecule has 4 atom stereocenters. The lowest BCUT2D eigenvalue weighted by molar-refractivity contribution is 0.0242. The van der Waals surface area contributed by atoms with E-state index >= 15 is 0 Å². The van der Waals surface area contributed by atoms with Crippen LogP contribution in [0, 0.1) is 24.2 Å². The van der Waals surface area contributed by atoms with Crippen LogP contribution in [-0.2, 0) is 0 Å². The van der Waals surface area contributed by atoms with E-state index in [1.807, 2.05) is 30.5 Å². The maximum absolute atomic E-state index is 12.1. The van der Waals surface area contributed by atoms with Gasteiger partial charge in [-0.2, -0.15) is 0 Å². The van der Waals surface area contributed by atoms with Gasteiger partial charge in [0, 0.05) is 35.6 Å². The number of fused-ring (bicyclic) bond motifs is 3. The van der Waals surface area contributed by atoms with Gasteiger partial charge in [-0.25, -0.2) is 4.79 Å². The summed E-state index contributed by atoms with van der Waals surface area (Å²) in [6, 6.07) is 8.15. The van der Waals surface area contributed by atoms with Crippen molar-refractivity contribution in [2.45, 2.75) is 23.8 Å². The zero-order valence-corrected chi connectivity index (χ0v) is 14.2. The minimum absolute atomic E-state index is 0.139. The summed E-state index contributed by atoms with van der Waals surface area (Å²) < 4.78 is 0. The molecule has 3 heterocycles. The van der Waals surface area contributed by atoms with E-state index in [0.29, 0.717) is 24.4 Å². The second-order valence-corrected chi connectivity index (χ2v) is 7.15. The molecule has 3 aliphatic heterocycles. The highest BCUT2D eigenvalue weighted by molar-refractivity contribution is 7.98. The van der Waals surface area contributed by atoms with E-state index in [1.165, 1.54) is 6.42 Å². The topological polar surface area (TPSA) is 44.4 Å². The summed E-state index contributed by atoms with van der Waals surface area (Å²) in [6.45, 7) is 2.76. The molecule has 4 nitrogen and oxygen atoms in total. The van der Waals surface area contributed by atoms with Gasteiger partial charge in [0.25, 0.3) is 0 Å². The van der Waals surface area contributed by atoms with Gasteiger partial charge < -0.3 is 10.6 Å². The first-order valence-corrected chi connectivity index (χ1v) is 9.31. The summed E-state index contributed by atoms with van der Waals surface area (Å²) in [7, 11) is 0. The third-order valence-electron chi connectivity index (χ3n) is 4.92. The van der Waals surface area contributed by atoms with Crippen molar-refractivity contribution in [2.75, 3.05) is 31.2 Å². The lowest BCUT2D eigenvalue weighted by Gasteiger charge is -2.48. The fourth-order valence-electron chi connectivity index (χ4n) is 3.63. The first-order chi connectivity index (χ1) is 11.2. The molecular weight excluding hydrogens is 306 g/mol. The fourth-order valence-corrected chi connectivity index (χ4v) is 4.09. The predicted octanol–water partition coefficient (Wildman–Crippen LogP) is 2.87. The molecule has 122 valence electrons. The number of carbonyl (C=O) groups excluding carboxylic acids is 1. The number of amides is 2. The maximum Gasteiger partial charge on any atom is 0.319 e. The third-order valence-corrected chi connectivity index (χ3v) is 5.64. The Kier molecular flexibility index (Phi) is 5.14. The standard InChI is InChI=1S/C18H23N3OS/c1-3-13-12-21-8-7-14(13)9-16(21)11-19-18(22)20-15-5-4-6-17(10-15)23-2/h1,4-6,10,13-14,16H,7-9,11-12H2,2H3,(H2,19,20,22)/t13-,14+,16+/m0/s1. The molecule has 3 fully saturated rings. The number of thioether (sulfide) groups is 1. The van der Waals surface area contributed by atoms with Crippen LogP contribution in [0.25, 0.3) is 0 Å². The molecule has 23 heavy (non-hydrogen) atoms. The highest BCUT2D eigenvalue weighted by atomic mass is 32.2. The van der Waals surface area contributed by atoms with E-state index in [4.69, 9.17) is 6.42 Å². The number of piperidine rings is 3. The smallest absolute Gasteiger partial charge is 0.319 e. The molecule has 5 heteroatoms. The summed E-state index contributed by atoms with van der Waals surface area (Å²) in [4.78, 5) is 15.7. The number of carbonyl (C=O) groups is 1.